The van der Waals surface area contributed by atoms with E-state index in [1.165, 1.54) is 18.3 Å². The number of nitrogens with one attached hydrogen (secondary N) is 1. The quantitative estimate of drug-likeness (QED) is 0.288. The molecule has 0 aromatic heterocycles. The largest absolute Gasteiger partial charge is 0.489 e. The summed E-state index contributed by atoms with van der Waals surface area (Å²) in [6, 6.07) is 19.1. The Hall–Kier alpha value is -3.91. The van der Waals surface area contributed by atoms with Gasteiger partial charge >= 0.3 is 5.69 Å². The molecule has 3 aromatic rings. The van der Waals surface area contributed by atoms with Crippen molar-refractivity contribution in [2.24, 2.45) is 5.10 Å². The lowest BCUT2D eigenvalue weighted by Gasteiger charge is -2.08. The van der Waals surface area contributed by atoms with E-state index < -0.39 is 17.4 Å². The van der Waals surface area contributed by atoms with Gasteiger partial charge in [-0.15, -0.1) is 0 Å². The number of halogens is 1. The molecule has 164 valence electrons. The lowest BCUT2D eigenvalue weighted by Crippen LogP contribution is -2.24. The number of carbonyl (C=O) groups is 1. The fourth-order valence-corrected chi connectivity index (χ4v) is 2.86. The molecule has 1 amide bonds. The number of aryl methyl sites for hydroxylation is 1. The summed E-state index contributed by atoms with van der Waals surface area (Å²) in [4.78, 5) is 22.4. The maximum Gasteiger partial charge on any atom is 0.311 e. The Morgan fingerprint density at radius 3 is 2.59 bits per heavy atom. The van der Waals surface area contributed by atoms with Crippen molar-refractivity contribution in [2.45, 2.75) is 13.5 Å². The van der Waals surface area contributed by atoms with E-state index in [1.807, 2.05) is 18.2 Å². The van der Waals surface area contributed by atoms with Crippen molar-refractivity contribution in [1.82, 2.24) is 5.43 Å². The first-order valence-corrected chi connectivity index (χ1v) is 9.96. The van der Waals surface area contributed by atoms with E-state index in [4.69, 9.17) is 21.1 Å². The lowest BCUT2D eigenvalue weighted by molar-refractivity contribution is -0.385. The summed E-state index contributed by atoms with van der Waals surface area (Å²) in [6.07, 6.45) is 1.46. The van der Waals surface area contributed by atoms with Crippen molar-refractivity contribution < 1.29 is 19.2 Å². The number of nitrogens with zero attached hydrogens (tertiary/aromatic N) is 2. The molecule has 1 N–H and O–H groups in total. The second-order valence-corrected chi connectivity index (χ2v) is 7.17. The second-order valence-electron chi connectivity index (χ2n) is 6.76. The fourth-order valence-electron chi connectivity index (χ4n) is 2.67. The summed E-state index contributed by atoms with van der Waals surface area (Å²) in [5.74, 6) is 0.141. The number of hydrogen-bond acceptors (Lipinski definition) is 6. The van der Waals surface area contributed by atoms with Crippen molar-refractivity contribution in [3.63, 3.8) is 0 Å². The van der Waals surface area contributed by atoms with Crippen LogP contribution in [-0.4, -0.2) is 23.7 Å². The van der Waals surface area contributed by atoms with Crippen LogP contribution in [0.3, 0.4) is 0 Å². The smallest absolute Gasteiger partial charge is 0.311 e. The number of hydrogen-bond donors (Lipinski definition) is 1. The second kappa shape index (κ2) is 10.9. The summed E-state index contributed by atoms with van der Waals surface area (Å²) in [5.41, 5.74) is 4.47. The summed E-state index contributed by atoms with van der Waals surface area (Å²) in [7, 11) is 0. The lowest BCUT2D eigenvalue weighted by atomic mass is 10.2. The molecular weight excluding hydrogens is 434 g/mol. The third-order valence-electron chi connectivity index (χ3n) is 4.31. The molecule has 8 nitrogen and oxygen atoms in total. The predicted molar refractivity (Wildman–Crippen MR) is 121 cm³/mol. The van der Waals surface area contributed by atoms with Crippen molar-refractivity contribution in [3.05, 3.63) is 98.6 Å². The molecule has 3 rings (SSSR count). The van der Waals surface area contributed by atoms with Crippen LogP contribution in [0.4, 0.5) is 5.69 Å². The van der Waals surface area contributed by atoms with Gasteiger partial charge in [-0.25, -0.2) is 5.43 Å². The number of carbonyl (C=O) groups excluding carboxylic acids is 1. The Bertz CT molecular complexity index is 1130. The van der Waals surface area contributed by atoms with Crippen LogP contribution < -0.4 is 14.9 Å². The first-order chi connectivity index (χ1) is 15.4. The highest BCUT2D eigenvalue weighted by Crippen LogP contribution is 2.27. The highest BCUT2D eigenvalue weighted by atomic mass is 35.5. The SMILES string of the molecule is Cc1ccc(OCC(=O)N/N=C\c2ccc(OCc3ccccc3Cl)cc2)c([N+](=O)[O-])c1. The van der Waals surface area contributed by atoms with Crippen molar-refractivity contribution in [1.29, 1.82) is 0 Å². The van der Waals surface area contributed by atoms with Gasteiger partial charge in [-0.2, -0.15) is 5.10 Å². The normalized spacial score (nSPS) is 10.7. The predicted octanol–water partition coefficient (Wildman–Crippen LogP) is 4.66. The highest BCUT2D eigenvalue weighted by Gasteiger charge is 2.16. The van der Waals surface area contributed by atoms with Crippen LogP contribution in [0.5, 0.6) is 11.5 Å². The topological polar surface area (TPSA) is 103 Å². The van der Waals surface area contributed by atoms with E-state index in [2.05, 4.69) is 10.5 Å². The van der Waals surface area contributed by atoms with Gasteiger partial charge in [0.15, 0.2) is 12.4 Å². The molecule has 0 heterocycles. The number of ether oxygens (including phenoxy) is 2. The van der Waals surface area contributed by atoms with E-state index in [0.29, 0.717) is 17.4 Å². The van der Waals surface area contributed by atoms with Gasteiger partial charge in [0.2, 0.25) is 0 Å². The monoisotopic (exact) mass is 453 g/mol. The first-order valence-electron chi connectivity index (χ1n) is 9.58. The third-order valence-corrected chi connectivity index (χ3v) is 4.67. The number of rotatable bonds is 9. The zero-order chi connectivity index (χ0) is 22.9. The van der Waals surface area contributed by atoms with Crippen molar-refractivity contribution >= 4 is 29.4 Å². The van der Waals surface area contributed by atoms with Gasteiger partial charge in [0.1, 0.15) is 12.4 Å². The summed E-state index contributed by atoms with van der Waals surface area (Å²) >= 11 is 6.11. The molecule has 0 unspecified atom stereocenters. The van der Waals surface area contributed by atoms with Gasteiger partial charge in [-0.05, 0) is 54.4 Å². The molecular formula is C23H20ClN3O5. The minimum atomic E-state index is -0.555. The van der Waals surface area contributed by atoms with E-state index >= 15 is 0 Å². The highest BCUT2D eigenvalue weighted by molar-refractivity contribution is 6.31. The van der Waals surface area contributed by atoms with Gasteiger partial charge in [-0.1, -0.05) is 35.9 Å². The maximum atomic E-state index is 11.9. The van der Waals surface area contributed by atoms with Crippen LogP contribution >= 0.6 is 11.6 Å². The van der Waals surface area contributed by atoms with Crippen LogP contribution in [0, 0.1) is 17.0 Å². The molecule has 0 aliphatic rings. The van der Waals surface area contributed by atoms with Gasteiger partial charge in [0, 0.05) is 16.7 Å². The van der Waals surface area contributed by atoms with E-state index in [9.17, 15) is 14.9 Å². The van der Waals surface area contributed by atoms with Crippen LogP contribution in [-0.2, 0) is 11.4 Å². The Labute approximate surface area is 189 Å². The number of benzene rings is 3. The Kier molecular flexibility index (Phi) is 7.77. The summed E-state index contributed by atoms with van der Waals surface area (Å²) < 4.78 is 11.0. The molecule has 0 saturated heterocycles. The van der Waals surface area contributed by atoms with Crippen LogP contribution in [0.1, 0.15) is 16.7 Å². The Balaban J connectivity index is 1.47. The zero-order valence-corrected chi connectivity index (χ0v) is 17.9. The maximum absolute atomic E-state index is 11.9. The Morgan fingerprint density at radius 1 is 1.12 bits per heavy atom. The van der Waals surface area contributed by atoms with Gasteiger partial charge in [0.05, 0.1) is 11.1 Å². The third kappa shape index (κ3) is 6.55. The van der Waals surface area contributed by atoms with Crippen LogP contribution in [0.2, 0.25) is 5.02 Å². The molecule has 9 heteroatoms. The molecule has 0 bridgehead atoms. The number of amides is 1. The number of hydrazone groups is 1. The molecule has 0 saturated carbocycles. The molecule has 0 aliphatic heterocycles. The molecule has 32 heavy (non-hydrogen) atoms. The Morgan fingerprint density at radius 2 is 1.88 bits per heavy atom. The minimum Gasteiger partial charge on any atom is -0.489 e. The number of nitro groups is 1. The van der Waals surface area contributed by atoms with E-state index in [-0.39, 0.29) is 11.4 Å². The average Bonchev–Trinajstić information content (AvgIpc) is 2.78. The molecule has 0 aliphatic carbocycles. The summed E-state index contributed by atoms with van der Waals surface area (Å²) in [6.45, 7) is 1.67. The molecule has 3 aromatic carbocycles. The molecule has 0 atom stereocenters. The van der Waals surface area contributed by atoms with Gasteiger partial charge in [-0.3, -0.25) is 14.9 Å². The standard InChI is InChI=1S/C23H20ClN3O5/c1-16-6-11-22(21(12-16)27(29)30)32-15-23(28)26-25-13-17-7-9-19(10-8-17)31-14-18-4-2-3-5-20(18)24/h2-13H,14-15H2,1H3,(H,26,28)/b25-13-. The molecule has 0 radical (unpaired) electrons. The molecule has 0 fully saturated rings. The van der Waals surface area contributed by atoms with Gasteiger partial charge < -0.3 is 9.47 Å². The van der Waals surface area contributed by atoms with Crippen LogP contribution in [0.25, 0.3) is 0 Å². The zero-order valence-electron chi connectivity index (χ0n) is 17.2. The number of nitro benzene ring substituents is 1. The molecule has 0 spiro atoms. The minimum absolute atomic E-state index is 0.0205. The first kappa shape index (κ1) is 22.8. The van der Waals surface area contributed by atoms with E-state index in [1.54, 1.807) is 43.3 Å². The summed E-state index contributed by atoms with van der Waals surface area (Å²) in [5, 5.41) is 15.6. The van der Waals surface area contributed by atoms with Crippen molar-refractivity contribution in [3.8, 4) is 11.5 Å². The van der Waals surface area contributed by atoms with E-state index in [0.717, 1.165) is 16.7 Å². The van der Waals surface area contributed by atoms with Gasteiger partial charge in [0.25, 0.3) is 5.91 Å². The average molecular weight is 454 g/mol. The van der Waals surface area contributed by atoms with Crippen LogP contribution in [0.15, 0.2) is 71.8 Å². The fraction of sp³-hybridized carbons (Fsp3) is 0.130. The van der Waals surface area contributed by atoms with Crippen molar-refractivity contribution in [2.75, 3.05) is 6.61 Å².